The topological polar surface area (TPSA) is 78.2 Å². The molecular weight excluding hydrogens is 540 g/mol. The third-order valence-corrected chi connectivity index (χ3v) is 7.36. The van der Waals surface area contributed by atoms with Crippen molar-refractivity contribution in [3.8, 4) is 17.0 Å². The number of hydrogen-bond donors (Lipinski definition) is 1. The molecule has 1 saturated heterocycles. The molecule has 2 aromatic carbocycles. The molecule has 4 aromatic rings. The second kappa shape index (κ2) is 12.4. The molecule has 1 aliphatic rings. The Bertz CT molecular complexity index is 1580. The van der Waals surface area contributed by atoms with Gasteiger partial charge in [-0.05, 0) is 70.8 Å². The molecule has 0 spiro atoms. The van der Waals surface area contributed by atoms with Gasteiger partial charge in [-0.2, -0.15) is 4.39 Å². The van der Waals surface area contributed by atoms with Crippen molar-refractivity contribution in [2.45, 2.75) is 26.9 Å². The van der Waals surface area contributed by atoms with Crippen molar-refractivity contribution in [2.75, 3.05) is 58.7 Å². The van der Waals surface area contributed by atoms with Crippen molar-refractivity contribution < 1.29 is 18.3 Å². The number of fused-ring (bicyclic) bond motifs is 1. The van der Waals surface area contributed by atoms with Crippen molar-refractivity contribution in [2.24, 2.45) is 0 Å². The third kappa shape index (κ3) is 6.22. The molecule has 1 amide bonds. The highest BCUT2D eigenvalue weighted by Crippen LogP contribution is 2.32. The summed E-state index contributed by atoms with van der Waals surface area (Å²) < 4.78 is 36.8. The summed E-state index contributed by atoms with van der Waals surface area (Å²) in [5, 5.41) is 3.27. The van der Waals surface area contributed by atoms with Crippen LogP contribution in [0.15, 0.2) is 48.9 Å². The van der Waals surface area contributed by atoms with Crippen LogP contribution in [-0.2, 0) is 0 Å². The van der Waals surface area contributed by atoms with Gasteiger partial charge in [0, 0.05) is 68.5 Å². The number of aromatic nitrogens is 3. The van der Waals surface area contributed by atoms with Crippen LogP contribution in [0, 0.1) is 18.6 Å². The molecule has 222 valence electrons. The Morgan fingerprint density at radius 2 is 1.83 bits per heavy atom. The van der Waals surface area contributed by atoms with Gasteiger partial charge in [-0.25, -0.2) is 14.4 Å². The van der Waals surface area contributed by atoms with Crippen LogP contribution < -0.4 is 10.1 Å². The summed E-state index contributed by atoms with van der Waals surface area (Å²) in [7, 11) is 4.13. The summed E-state index contributed by atoms with van der Waals surface area (Å²) in [6.07, 6.45) is 4.40. The highest BCUT2D eigenvalue weighted by Gasteiger charge is 2.24. The van der Waals surface area contributed by atoms with Crippen LogP contribution in [-0.4, -0.2) is 94.4 Å². The van der Waals surface area contributed by atoms with Gasteiger partial charge in [0.2, 0.25) is 5.82 Å². The van der Waals surface area contributed by atoms with Crippen molar-refractivity contribution >= 4 is 23.1 Å². The number of benzene rings is 2. The number of piperazine rings is 1. The number of carbonyl (C=O) groups is 1. The van der Waals surface area contributed by atoms with Crippen LogP contribution in [0.4, 0.5) is 20.3 Å². The zero-order valence-corrected chi connectivity index (χ0v) is 24.7. The van der Waals surface area contributed by atoms with Gasteiger partial charge >= 0.3 is 0 Å². The molecule has 0 radical (unpaired) electrons. The zero-order chi connectivity index (χ0) is 30.0. The first-order valence-electron chi connectivity index (χ1n) is 14.1. The van der Waals surface area contributed by atoms with Gasteiger partial charge in [0.1, 0.15) is 0 Å². The van der Waals surface area contributed by atoms with E-state index in [4.69, 9.17) is 4.74 Å². The molecule has 0 aliphatic carbocycles. The average molecular weight is 578 g/mol. The highest BCUT2D eigenvalue weighted by atomic mass is 19.2. The maximum atomic E-state index is 15.1. The van der Waals surface area contributed by atoms with Crippen LogP contribution in [0.2, 0.25) is 0 Å². The summed E-state index contributed by atoms with van der Waals surface area (Å²) >= 11 is 0. The number of nitrogens with one attached hydrogen (secondary N) is 1. The molecule has 1 aliphatic heterocycles. The predicted octanol–water partition coefficient (Wildman–Crippen LogP) is 4.83. The first kappa shape index (κ1) is 29.4. The molecule has 0 bridgehead atoms. The van der Waals surface area contributed by atoms with E-state index < -0.39 is 11.6 Å². The monoisotopic (exact) mass is 577 g/mol. The van der Waals surface area contributed by atoms with Gasteiger partial charge in [0.25, 0.3) is 5.91 Å². The van der Waals surface area contributed by atoms with Crippen molar-refractivity contribution in [1.82, 2.24) is 29.1 Å². The predicted molar refractivity (Wildman–Crippen MR) is 159 cm³/mol. The van der Waals surface area contributed by atoms with E-state index >= 15 is 4.39 Å². The summed E-state index contributed by atoms with van der Waals surface area (Å²) in [4.78, 5) is 28.6. The van der Waals surface area contributed by atoms with E-state index in [9.17, 15) is 9.18 Å². The summed E-state index contributed by atoms with van der Waals surface area (Å²) in [6.45, 7) is 10.6. The summed E-state index contributed by atoms with van der Waals surface area (Å²) in [6, 6.07) is 8.47. The smallest absolute Gasteiger partial charge is 0.254 e. The van der Waals surface area contributed by atoms with Crippen LogP contribution in [0.5, 0.6) is 5.75 Å². The minimum absolute atomic E-state index is 0.0310. The number of nitrogens with zero attached hydrogens (tertiary/aromatic N) is 6. The Hall–Kier alpha value is -4.09. The minimum atomic E-state index is -1.04. The zero-order valence-electron chi connectivity index (χ0n) is 24.7. The fraction of sp³-hybridized carbons (Fsp3) is 0.387. The lowest BCUT2D eigenvalue weighted by Gasteiger charge is -2.35. The molecular formula is C31H37F2N7O2. The number of rotatable bonds is 9. The molecule has 11 heteroatoms. The lowest BCUT2D eigenvalue weighted by molar-refractivity contribution is 0.0629. The number of carbonyl (C=O) groups excluding carboxylic acids is 1. The van der Waals surface area contributed by atoms with Crippen molar-refractivity contribution in [3.05, 3.63) is 71.7 Å². The Kier molecular flexibility index (Phi) is 8.69. The highest BCUT2D eigenvalue weighted by molar-refractivity contribution is 5.96. The molecule has 2 aromatic heterocycles. The number of anilines is 2. The number of ether oxygens (including phenoxy) is 1. The second-order valence-electron chi connectivity index (χ2n) is 11.1. The van der Waals surface area contributed by atoms with Gasteiger partial charge in [0.15, 0.2) is 23.0 Å². The van der Waals surface area contributed by atoms with E-state index in [0.29, 0.717) is 35.8 Å². The number of amides is 1. The fourth-order valence-electron chi connectivity index (χ4n) is 5.09. The first-order chi connectivity index (χ1) is 20.1. The standard InChI is InChI=1S/C31H37F2N7O2/c1-20(2)42-26-9-8-24(27(32)28(26)33)25-19-35-30-29(34-10-11-40(25)30)36-22-6-7-23(21(3)18-22)31(41)39-16-14-38(15-17-39)13-12-37(4)5/h6-11,18-20H,12-17H2,1-5H3,(H,34,36). The number of likely N-dealkylation sites (N-methyl/N-ethyl adjacent to an activating group) is 1. The lowest BCUT2D eigenvalue weighted by Crippen LogP contribution is -2.50. The average Bonchev–Trinajstić information content (AvgIpc) is 3.39. The van der Waals surface area contributed by atoms with Crippen molar-refractivity contribution in [3.63, 3.8) is 0 Å². The minimum Gasteiger partial charge on any atom is -0.488 e. The van der Waals surface area contributed by atoms with Gasteiger partial charge in [0.05, 0.1) is 18.0 Å². The van der Waals surface area contributed by atoms with E-state index in [1.807, 2.05) is 30.0 Å². The molecule has 5 rings (SSSR count). The van der Waals surface area contributed by atoms with Crippen LogP contribution in [0.3, 0.4) is 0 Å². The van der Waals surface area contributed by atoms with Crippen LogP contribution in [0.1, 0.15) is 29.8 Å². The van der Waals surface area contributed by atoms with Gasteiger partial charge in [-0.3, -0.25) is 14.1 Å². The number of halogens is 2. The second-order valence-corrected chi connectivity index (χ2v) is 11.1. The molecule has 9 nitrogen and oxygen atoms in total. The van der Waals surface area contributed by atoms with Gasteiger partial charge in [-0.1, -0.05) is 0 Å². The Balaban J connectivity index is 1.32. The van der Waals surface area contributed by atoms with Crippen LogP contribution >= 0.6 is 0 Å². The van der Waals surface area contributed by atoms with E-state index in [1.54, 1.807) is 30.6 Å². The maximum absolute atomic E-state index is 15.1. The molecule has 1 N–H and O–H groups in total. The Morgan fingerprint density at radius 3 is 2.52 bits per heavy atom. The Labute approximate surface area is 244 Å². The molecule has 0 unspecified atom stereocenters. The number of imidazole rings is 1. The molecule has 0 atom stereocenters. The fourth-order valence-corrected chi connectivity index (χ4v) is 5.09. The van der Waals surface area contributed by atoms with Crippen molar-refractivity contribution in [1.29, 1.82) is 0 Å². The Morgan fingerprint density at radius 1 is 1.07 bits per heavy atom. The van der Waals surface area contributed by atoms with E-state index in [1.165, 1.54) is 18.3 Å². The number of hydrogen-bond acceptors (Lipinski definition) is 7. The normalized spacial score (nSPS) is 14.3. The van der Waals surface area contributed by atoms with E-state index in [2.05, 4.69) is 39.2 Å². The molecule has 0 saturated carbocycles. The van der Waals surface area contributed by atoms with E-state index in [0.717, 1.165) is 37.4 Å². The van der Waals surface area contributed by atoms with Gasteiger partial charge < -0.3 is 19.9 Å². The molecule has 3 heterocycles. The lowest BCUT2D eigenvalue weighted by atomic mass is 10.1. The largest absolute Gasteiger partial charge is 0.488 e. The van der Waals surface area contributed by atoms with E-state index in [-0.39, 0.29) is 23.3 Å². The molecule has 42 heavy (non-hydrogen) atoms. The SMILES string of the molecule is Cc1cc(Nc2nccn3c(-c4ccc(OC(C)C)c(F)c4F)cnc23)ccc1C(=O)N1CCN(CCN(C)C)CC1. The summed E-state index contributed by atoms with van der Waals surface area (Å²) in [5.41, 5.74) is 3.12. The molecule has 1 fully saturated rings. The maximum Gasteiger partial charge on any atom is 0.254 e. The summed E-state index contributed by atoms with van der Waals surface area (Å²) in [5.74, 6) is -1.71. The van der Waals surface area contributed by atoms with Crippen LogP contribution in [0.25, 0.3) is 16.9 Å². The number of aryl methyl sites for hydroxylation is 1. The third-order valence-electron chi connectivity index (χ3n) is 7.36. The van der Waals surface area contributed by atoms with Gasteiger partial charge in [-0.15, -0.1) is 0 Å². The quantitative estimate of drug-likeness (QED) is 0.305. The first-order valence-corrected chi connectivity index (χ1v) is 14.1.